The molecular formula is C12H10BrF3N2. The smallest absolute Gasteiger partial charge is 0.349 e. The van der Waals surface area contributed by atoms with Crippen molar-refractivity contribution in [2.45, 2.75) is 17.4 Å². The third-order valence-corrected chi connectivity index (χ3v) is 3.38. The predicted molar refractivity (Wildman–Crippen MR) is 65.4 cm³/mol. The van der Waals surface area contributed by atoms with Gasteiger partial charge in [-0.3, -0.25) is 0 Å². The zero-order chi connectivity index (χ0) is 13.2. The van der Waals surface area contributed by atoms with Gasteiger partial charge in [-0.2, -0.15) is 13.2 Å². The van der Waals surface area contributed by atoms with Crippen molar-refractivity contribution in [2.75, 3.05) is 0 Å². The number of hydrogen-bond acceptors (Lipinski definition) is 1. The van der Waals surface area contributed by atoms with Crippen LogP contribution in [0.1, 0.15) is 21.8 Å². The number of hydrogen-bond donors (Lipinski definition) is 1. The molecule has 0 aliphatic heterocycles. The van der Waals surface area contributed by atoms with Crippen molar-refractivity contribution in [3.8, 4) is 0 Å². The van der Waals surface area contributed by atoms with E-state index in [4.69, 9.17) is 0 Å². The van der Waals surface area contributed by atoms with Gasteiger partial charge in [-0.05, 0) is 17.7 Å². The van der Waals surface area contributed by atoms with Gasteiger partial charge in [0.05, 0.1) is 5.56 Å². The summed E-state index contributed by atoms with van der Waals surface area (Å²) >= 11 is 3.44. The maximum absolute atomic E-state index is 12.4. The van der Waals surface area contributed by atoms with Crippen molar-refractivity contribution in [3.63, 3.8) is 0 Å². The topological polar surface area (TPSA) is 28.7 Å². The Hall–Kier alpha value is -1.30. The molecule has 1 heterocycles. The molecule has 2 nitrogen and oxygen atoms in total. The van der Waals surface area contributed by atoms with Gasteiger partial charge in [-0.25, -0.2) is 4.98 Å². The molecular weight excluding hydrogens is 309 g/mol. The fourth-order valence-electron chi connectivity index (χ4n) is 1.58. The molecule has 0 amide bonds. The van der Waals surface area contributed by atoms with E-state index in [1.165, 1.54) is 12.1 Å². The molecule has 2 aromatic rings. The van der Waals surface area contributed by atoms with Crippen molar-refractivity contribution in [3.05, 3.63) is 53.6 Å². The van der Waals surface area contributed by atoms with Crippen LogP contribution < -0.4 is 0 Å². The van der Waals surface area contributed by atoms with Crippen LogP contribution in [0.2, 0.25) is 0 Å². The first-order valence-corrected chi connectivity index (χ1v) is 6.18. The summed E-state index contributed by atoms with van der Waals surface area (Å²) in [7, 11) is 0. The highest BCUT2D eigenvalue weighted by molar-refractivity contribution is 9.09. The Morgan fingerprint density at radius 2 is 1.89 bits per heavy atom. The Balaban J connectivity index is 2.10. The standard InChI is InChI=1S/C12H10BrF3N2/c13-10(7-11-17-5-6-18-11)8-1-3-9(4-2-8)12(14,15)16/h1-6,10H,7H2,(H,17,18). The van der Waals surface area contributed by atoms with Crippen LogP contribution in [-0.2, 0) is 12.6 Å². The Labute approximate surface area is 110 Å². The van der Waals surface area contributed by atoms with Gasteiger partial charge in [0.15, 0.2) is 0 Å². The zero-order valence-electron chi connectivity index (χ0n) is 9.21. The molecule has 0 spiro atoms. The maximum Gasteiger partial charge on any atom is 0.416 e. The molecule has 1 aromatic heterocycles. The van der Waals surface area contributed by atoms with Crippen LogP contribution in [0, 0.1) is 0 Å². The quantitative estimate of drug-likeness (QED) is 0.848. The molecule has 2 rings (SSSR count). The van der Waals surface area contributed by atoms with E-state index in [1.54, 1.807) is 12.4 Å². The SMILES string of the molecule is FC(F)(F)c1ccc(C(Br)Cc2ncc[nH]2)cc1. The van der Waals surface area contributed by atoms with Crippen molar-refractivity contribution in [2.24, 2.45) is 0 Å². The number of benzene rings is 1. The van der Waals surface area contributed by atoms with Crippen LogP contribution >= 0.6 is 15.9 Å². The van der Waals surface area contributed by atoms with E-state index in [-0.39, 0.29) is 4.83 Å². The van der Waals surface area contributed by atoms with Crippen molar-refractivity contribution in [1.29, 1.82) is 0 Å². The van der Waals surface area contributed by atoms with Gasteiger partial charge in [-0.15, -0.1) is 0 Å². The molecule has 18 heavy (non-hydrogen) atoms. The lowest BCUT2D eigenvalue weighted by molar-refractivity contribution is -0.137. The minimum Gasteiger partial charge on any atom is -0.349 e. The second kappa shape index (κ2) is 5.14. The molecule has 1 atom stereocenters. The van der Waals surface area contributed by atoms with Gasteiger partial charge < -0.3 is 4.98 Å². The van der Waals surface area contributed by atoms with E-state index in [0.717, 1.165) is 23.5 Å². The highest BCUT2D eigenvalue weighted by Crippen LogP contribution is 2.32. The molecule has 1 aromatic carbocycles. The van der Waals surface area contributed by atoms with Gasteiger partial charge in [0.1, 0.15) is 5.82 Å². The van der Waals surface area contributed by atoms with Gasteiger partial charge >= 0.3 is 6.18 Å². The summed E-state index contributed by atoms with van der Waals surface area (Å²) in [6.45, 7) is 0. The average molecular weight is 319 g/mol. The van der Waals surface area contributed by atoms with E-state index in [0.29, 0.717) is 6.42 Å². The minimum absolute atomic E-state index is 0.0640. The van der Waals surface area contributed by atoms with E-state index in [1.807, 2.05) is 0 Å². The zero-order valence-corrected chi connectivity index (χ0v) is 10.8. The lowest BCUT2D eigenvalue weighted by Crippen LogP contribution is -2.05. The largest absolute Gasteiger partial charge is 0.416 e. The number of aromatic amines is 1. The summed E-state index contributed by atoms with van der Waals surface area (Å²) in [5.74, 6) is 0.789. The molecule has 0 bridgehead atoms. The average Bonchev–Trinajstić information content (AvgIpc) is 2.81. The number of nitrogens with zero attached hydrogens (tertiary/aromatic N) is 1. The first kappa shape index (κ1) is 13.1. The van der Waals surface area contributed by atoms with E-state index >= 15 is 0 Å². The molecule has 0 saturated heterocycles. The monoisotopic (exact) mass is 318 g/mol. The molecule has 0 saturated carbocycles. The second-order valence-corrected chi connectivity index (χ2v) is 4.93. The number of halogens is 4. The summed E-state index contributed by atoms with van der Waals surface area (Å²) in [6.07, 6.45) is -0.344. The van der Waals surface area contributed by atoms with Crippen LogP contribution in [0.15, 0.2) is 36.7 Å². The van der Waals surface area contributed by atoms with E-state index in [9.17, 15) is 13.2 Å². The third-order valence-electron chi connectivity index (χ3n) is 2.53. The highest BCUT2D eigenvalue weighted by Gasteiger charge is 2.30. The first-order chi connectivity index (χ1) is 8.47. The van der Waals surface area contributed by atoms with Crippen molar-refractivity contribution < 1.29 is 13.2 Å². The fourth-order valence-corrected chi connectivity index (χ4v) is 2.19. The molecule has 0 aliphatic carbocycles. The first-order valence-electron chi connectivity index (χ1n) is 5.26. The summed E-state index contributed by atoms with van der Waals surface area (Å²) in [6, 6.07) is 5.13. The molecule has 0 aliphatic rings. The van der Waals surface area contributed by atoms with Crippen LogP contribution in [0.4, 0.5) is 13.2 Å². The number of aromatic nitrogens is 2. The lowest BCUT2D eigenvalue weighted by Gasteiger charge is -2.11. The Morgan fingerprint density at radius 3 is 2.39 bits per heavy atom. The predicted octanol–water partition coefficient (Wildman–Crippen LogP) is 4.11. The minimum atomic E-state index is -4.29. The molecule has 96 valence electrons. The normalized spacial score (nSPS) is 13.6. The highest BCUT2D eigenvalue weighted by atomic mass is 79.9. The Bertz CT molecular complexity index is 491. The van der Waals surface area contributed by atoms with E-state index in [2.05, 4.69) is 25.9 Å². The van der Waals surface area contributed by atoms with Crippen molar-refractivity contribution >= 4 is 15.9 Å². The summed E-state index contributed by atoms with van der Waals surface area (Å²) in [5, 5.41) is 0. The third kappa shape index (κ3) is 3.13. The number of rotatable bonds is 3. The van der Waals surface area contributed by atoms with Crippen LogP contribution in [0.25, 0.3) is 0 Å². The van der Waals surface area contributed by atoms with Crippen LogP contribution in [0.3, 0.4) is 0 Å². The number of imidazole rings is 1. The Kier molecular flexibility index (Phi) is 3.75. The number of nitrogens with one attached hydrogen (secondary N) is 1. The Morgan fingerprint density at radius 1 is 1.22 bits per heavy atom. The van der Waals surface area contributed by atoms with Crippen molar-refractivity contribution in [1.82, 2.24) is 9.97 Å². The van der Waals surface area contributed by atoms with Gasteiger partial charge in [0, 0.05) is 23.6 Å². The maximum atomic E-state index is 12.4. The number of H-pyrrole nitrogens is 1. The lowest BCUT2D eigenvalue weighted by atomic mass is 10.1. The summed E-state index contributed by atoms with van der Waals surface area (Å²) in [5.41, 5.74) is 0.156. The van der Waals surface area contributed by atoms with Gasteiger partial charge in [0.25, 0.3) is 0 Å². The molecule has 0 fully saturated rings. The molecule has 1 N–H and O–H groups in total. The fraction of sp³-hybridized carbons (Fsp3) is 0.250. The molecule has 1 unspecified atom stereocenters. The number of alkyl halides is 4. The molecule has 0 radical (unpaired) electrons. The van der Waals surface area contributed by atoms with E-state index < -0.39 is 11.7 Å². The van der Waals surface area contributed by atoms with Gasteiger partial charge in [0.2, 0.25) is 0 Å². The summed E-state index contributed by atoms with van der Waals surface area (Å²) < 4.78 is 37.2. The molecule has 6 heteroatoms. The van der Waals surface area contributed by atoms with Gasteiger partial charge in [-0.1, -0.05) is 28.1 Å². The van der Waals surface area contributed by atoms with Crippen LogP contribution in [-0.4, -0.2) is 9.97 Å². The second-order valence-electron chi connectivity index (χ2n) is 3.83. The summed E-state index contributed by atoms with van der Waals surface area (Å²) in [4.78, 5) is 6.96. The van der Waals surface area contributed by atoms with Crippen LogP contribution in [0.5, 0.6) is 0 Å².